The van der Waals surface area contributed by atoms with E-state index in [-0.39, 0.29) is 5.56 Å². The maximum Gasteiger partial charge on any atom is 0.341 e. The highest BCUT2D eigenvalue weighted by Gasteiger charge is 2.21. The second kappa shape index (κ2) is 11.6. The fraction of sp³-hybridized carbons (Fsp3) is 0.192. The van der Waals surface area contributed by atoms with Crippen LogP contribution in [0.25, 0.3) is 5.57 Å². The number of rotatable bonds is 10. The van der Waals surface area contributed by atoms with E-state index in [4.69, 9.17) is 9.84 Å². The Bertz CT molecular complexity index is 1100. The quantitative estimate of drug-likeness (QED) is 0.324. The number of thioether (sulfide) groups is 1. The van der Waals surface area contributed by atoms with Crippen LogP contribution in [0.4, 0.5) is 13.2 Å². The third-order valence-corrected chi connectivity index (χ3v) is 5.80. The van der Waals surface area contributed by atoms with Crippen molar-refractivity contribution in [3.63, 3.8) is 0 Å². The summed E-state index contributed by atoms with van der Waals surface area (Å²) < 4.78 is 44.3. The minimum Gasteiger partial charge on any atom is -0.482 e. The number of halogens is 3. The van der Waals surface area contributed by atoms with Crippen LogP contribution in [0.3, 0.4) is 0 Å². The Balaban J connectivity index is 1.78. The third kappa shape index (κ3) is 6.89. The van der Waals surface area contributed by atoms with Gasteiger partial charge in [0.05, 0.1) is 0 Å². The second-order valence-corrected chi connectivity index (χ2v) is 8.36. The maximum atomic E-state index is 13.6. The first kappa shape index (κ1) is 24.5. The van der Waals surface area contributed by atoms with Gasteiger partial charge in [0.15, 0.2) is 12.8 Å². The van der Waals surface area contributed by atoms with Crippen molar-refractivity contribution >= 4 is 23.3 Å². The molecule has 0 aliphatic heterocycles. The Hall–Kier alpha value is -3.19. The zero-order chi connectivity index (χ0) is 23.8. The summed E-state index contributed by atoms with van der Waals surface area (Å²) >= 11 is 1.59. The lowest BCUT2D eigenvalue weighted by Crippen LogP contribution is -2.09. The first-order chi connectivity index (χ1) is 15.8. The molecule has 0 radical (unpaired) electrons. The molecule has 3 aromatic rings. The molecule has 1 N–H and O–H groups in total. The van der Waals surface area contributed by atoms with Crippen molar-refractivity contribution in [3.8, 4) is 5.75 Å². The molecular weight excluding hydrogens is 449 g/mol. The largest absolute Gasteiger partial charge is 0.482 e. The van der Waals surface area contributed by atoms with Gasteiger partial charge in [0, 0.05) is 10.6 Å². The Morgan fingerprint density at radius 2 is 1.67 bits per heavy atom. The molecule has 0 saturated heterocycles. The van der Waals surface area contributed by atoms with Gasteiger partial charge in [0.2, 0.25) is 0 Å². The zero-order valence-electron chi connectivity index (χ0n) is 17.9. The van der Waals surface area contributed by atoms with E-state index in [0.717, 1.165) is 27.2 Å². The molecule has 0 spiro atoms. The van der Waals surface area contributed by atoms with Gasteiger partial charge in [0.1, 0.15) is 5.75 Å². The van der Waals surface area contributed by atoms with Crippen LogP contribution >= 0.6 is 11.8 Å². The van der Waals surface area contributed by atoms with Gasteiger partial charge in [-0.2, -0.15) is 0 Å². The molecule has 0 heterocycles. The van der Waals surface area contributed by atoms with E-state index in [2.05, 4.69) is 0 Å². The third-order valence-electron chi connectivity index (χ3n) is 4.88. The van der Waals surface area contributed by atoms with E-state index in [9.17, 15) is 18.0 Å². The van der Waals surface area contributed by atoms with Gasteiger partial charge in [-0.25, -0.2) is 18.0 Å². The molecule has 7 heteroatoms. The Kier molecular flexibility index (Phi) is 8.60. The summed E-state index contributed by atoms with van der Waals surface area (Å²) in [4.78, 5) is 11.7. The standard InChI is InChI=1S/C26H23F3O3S/c1-17-15-21(11-12-23(17)32-16-24(30)31)33-14-13-22(18-5-3-2-4-6-18)19-7-9-20(10-8-19)25(27)26(28)29/h2-13,15,25-26H,14,16H2,1H3,(H,30,31). The predicted octanol–water partition coefficient (Wildman–Crippen LogP) is 6.96. The molecule has 1 unspecified atom stereocenters. The van der Waals surface area contributed by atoms with Crippen molar-refractivity contribution in [1.82, 2.24) is 0 Å². The van der Waals surface area contributed by atoms with Crippen LogP contribution in [-0.2, 0) is 4.79 Å². The maximum absolute atomic E-state index is 13.6. The predicted molar refractivity (Wildman–Crippen MR) is 125 cm³/mol. The lowest BCUT2D eigenvalue weighted by atomic mass is 9.96. The molecule has 0 fully saturated rings. The number of hydrogen-bond acceptors (Lipinski definition) is 3. The van der Waals surface area contributed by atoms with Crippen LogP contribution in [0.2, 0.25) is 0 Å². The van der Waals surface area contributed by atoms with Gasteiger partial charge in [0.25, 0.3) is 6.43 Å². The minimum absolute atomic E-state index is 0.0452. The van der Waals surface area contributed by atoms with E-state index in [0.29, 0.717) is 11.5 Å². The SMILES string of the molecule is Cc1cc(SCC=C(c2ccccc2)c2ccc(C(F)C(F)F)cc2)ccc1OCC(=O)O. The summed E-state index contributed by atoms with van der Waals surface area (Å²) in [5.41, 5.74) is 3.48. The number of aryl methyl sites for hydroxylation is 1. The lowest BCUT2D eigenvalue weighted by Gasteiger charge is -2.12. The lowest BCUT2D eigenvalue weighted by molar-refractivity contribution is -0.139. The molecule has 0 aromatic heterocycles. The van der Waals surface area contributed by atoms with E-state index in [1.54, 1.807) is 30.0 Å². The van der Waals surface area contributed by atoms with Crippen LogP contribution in [0, 0.1) is 6.92 Å². The second-order valence-electron chi connectivity index (χ2n) is 7.26. The van der Waals surface area contributed by atoms with Crippen molar-refractivity contribution in [2.45, 2.75) is 24.4 Å². The van der Waals surface area contributed by atoms with Gasteiger partial charge in [-0.3, -0.25) is 0 Å². The number of ether oxygens (including phenoxy) is 1. The molecule has 0 amide bonds. The van der Waals surface area contributed by atoms with E-state index < -0.39 is 25.2 Å². The Morgan fingerprint density at radius 1 is 1.00 bits per heavy atom. The van der Waals surface area contributed by atoms with Crippen molar-refractivity contribution in [3.05, 3.63) is 101 Å². The fourth-order valence-corrected chi connectivity index (χ4v) is 4.11. The van der Waals surface area contributed by atoms with Crippen molar-refractivity contribution in [2.75, 3.05) is 12.4 Å². The average Bonchev–Trinajstić information content (AvgIpc) is 2.81. The average molecular weight is 473 g/mol. The summed E-state index contributed by atoms with van der Waals surface area (Å²) in [5, 5.41) is 8.76. The zero-order valence-corrected chi connectivity index (χ0v) is 18.7. The molecule has 3 aromatic carbocycles. The molecule has 33 heavy (non-hydrogen) atoms. The monoisotopic (exact) mass is 472 g/mol. The first-order valence-corrected chi connectivity index (χ1v) is 11.2. The topological polar surface area (TPSA) is 46.5 Å². The molecule has 0 bridgehead atoms. The smallest absolute Gasteiger partial charge is 0.341 e. The normalized spacial score (nSPS) is 12.6. The molecular formula is C26H23F3O3S. The molecule has 0 aliphatic carbocycles. The van der Waals surface area contributed by atoms with Crippen molar-refractivity contribution in [2.24, 2.45) is 0 Å². The molecule has 172 valence electrons. The van der Waals surface area contributed by atoms with E-state index >= 15 is 0 Å². The summed E-state index contributed by atoms with van der Waals surface area (Å²) in [6, 6.07) is 21.3. The number of alkyl halides is 3. The summed E-state index contributed by atoms with van der Waals surface area (Å²) in [7, 11) is 0. The number of carboxylic acid groups (broad SMARTS) is 1. The van der Waals surface area contributed by atoms with Crippen LogP contribution in [0.5, 0.6) is 5.75 Å². The highest BCUT2D eigenvalue weighted by molar-refractivity contribution is 7.99. The van der Waals surface area contributed by atoms with E-state index in [1.807, 2.05) is 55.5 Å². The molecule has 0 aliphatic rings. The number of aliphatic carboxylic acids is 1. The van der Waals surface area contributed by atoms with Gasteiger partial charge in [-0.05, 0) is 52.9 Å². The summed E-state index contributed by atoms with van der Waals surface area (Å²) in [6.45, 7) is 1.46. The molecule has 0 saturated carbocycles. The summed E-state index contributed by atoms with van der Waals surface area (Å²) in [5.74, 6) is 0.122. The van der Waals surface area contributed by atoms with Crippen molar-refractivity contribution < 1.29 is 27.8 Å². The molecule has 1 atom stereocenters. The van der Waals surface area contributed by atoms with E-state index in [1.165, 1.54) is 12.1 Å². The molecule has 3 rings (SSSR count). The fourth-order valence-electron chi connectivity index (χ4n) is 3.25. The highest BCUT2D eigenvalue weighted by atomic mass is 32.2. The minimum atomic E-state index is -3.05. The van der Waals surface area contributed by atoms with Crippen LogP contribution < -0.4 is 4.74 Å². The number of benzene rings is 3. The van der Waals surface area contributed by atoms with Gasteiger partial charge in [-0.1, -0.05) is 60.7 Å². The van der Waals surface area contributed by atoms with Crippen LogP contribution in [0.1, 0.15) is 28.4 Å². The number of carbonyl (C=O) groups is 1. The first-order valence-electron chi connectivity index (χ1n) is 10.2. The summed E-state index contributed by atoms with van der Waals surface area (Å²) in [6.07, 6.45) is -3.32. The highest BCUT2D eigenvalue weighted by Crippen LogP contribution is 2.30. The van der Waals surface area contributed by atoms with Crippen LogP contribution in [0.15, 0.2) is 83.8 Å². The Morgan fingerprint density at radius 3 is 2.27 bits per heavy atom. The number of hydrogen-bond donors (Lipinski definition) is 1. The van der Waals surface area contributed by atoms with Gasteiger partial charge in [-0.15, -0.1) is 11.8 Å². The molecule has 3 nitrogen and oxygen atoms in total. The van der Waals surface area contributed by atoms with Crippen molar-refractivity contribution in [1.29, 1.82) is 0 Å². The van der Waals surface area contributed by atoms with Gasteiger partial charge < -0.3 is 9.84 Å². The van der Waals surface area contributed by atoms with Gasteiger partial charge >= 0.3 is 5.97 Å². The Labute approximate surface area is 194 Å². The van der Waals surface area contributed by atoms with Crippen LogP contribution in [-0.4, -0.2) is 29.9 Å². The number of carboxylic acids is 1.